The fourth-order valence-electron chi connectivity index (χ4n) is 2.77. The van der Waals surface area contributed by atoms with E-state index in [0.717, 1.165) is 0 Å². The van der Waals surface area contributed by atoms with Gasteiger partial charge in [-0.15, -0.1) is 0 Å². The number of esters is 1. The van der Waals surface area contributed by atoms with Crippen molar-refractivity contribution >= 4 is 21.9 Å². The highest BCUT2D eigenvalue weighted by atomic mass is 32.2. The minimum Gasteiger partial charge on any atom is -0.486 e. The smallest absolute Gasteiger partial charge is 0.303 e. The number of ether oxygens (including phenoxy) is 3. The van der Waals surface area contributed by atoms with Gasteiger partial charge in [0.05, 0.1) is 4.90 Å². The predicted molar refractivity (Wildman–Crippen MR) is 89.4 cm³/mol. The van der Waals surface area contributed by atoms with Gasteiger partial charge in [0.15, 0.2) is 18.1 Å². The Bertz CT molecular complexity index is 801. The molecule has 0 saturated carbocycles. The van der Waals surface area contributed by atoms with Crippen LogP contribution in [0.1, 0.15) is 6.92 Å². The zero-order valence-electron chi connectivity index (χ0n) is 14.3. The largest absolute Gasteiger partial charge is 0.486 e. The third-order valence-corrected chi connectivity index (χ3v) is 6.04. The Morgan fingerprint density at radius 1 is 1.08 bits per heavy atom. The van der Waals surface area contributed by atoms with Gasteiger partial charge < -0.3 is 19.1 Å². The SMILES string of the molecule is CC(=O)OCC(=O)N1CCN(S(=O)(=O)c2ccc3c(c2)OCCO3)CC1. The first-order valence-electron chi connectivity index (χ1n) is 8.19. The maximum atomic E-state index is 12.8. The predicted octanol–water partition coefficient (Wildman–Crippen LogP) is -0.146. The second-order valence-corrected chi connectivity index (χ2v) is 7.81. The Balaban J connectivity index is 1.65. The number of sulfonamides is 1. The fourth-order valence-corrected chi connectivity index (χ4v) is 4.20. The number of hydrogen-bond donors (Lipinski definition) is 0. The summed E-state index contributed by atoms with van der Waals surface area (Å²) in [6.45, 7) is 2.52. The minimum atomic E-state index is -3.70. The average molecular weight is 384 g/mol. The molecule has 0 aliphatic carbocycles. The summed E-state index contributed by atoms with van der Waals surface area (Å²) in [6.07, 6.45) is 0. The topological polar surface area (TPSA) is 102 Å². The summed E-state index contributed by atoms with van der Waals surface area (Å²) in [5.41, 5.74) is 0. The van der Waals surface area contributed by atoms with Gasteiger partial charge in [0.25, 0.3) is 5.91 Å². The summed E-state index contributed by atoms with van der Waals surface area (Å²) in [5.74, 6) is 0.0679. The lowest BCUT2D eigenvalue weighted by Gasteiger charge is -2.34. The van der Waals surface area contributed by atoms with Gasteiger partial charge in [-0.1, -0.05) is 0 Å². The summed E-state index contributed by atoms with van der Waals surface area (Å²) < 4.78 is 42.5. The molecule has 1 fully saturated rings. The standard InChI is InChI=1S/C16H20N2O7S/c1-12(19)25-11-16(20)17-4-6-18(7-5-17)26(21,22)13-2-3-14-15(10-13)24-9-8-23-14/h2-3,10H,4-9,11H2,1H3. The van der Waals surface area contributed by atoms with Crippen molar-refractivity contribution in [3.8, 4) is 11.5 Å². The summed E-state index contributed by atoms with van der Waals surface area (Å²) >= 11 is 0. The molecule has 0 spiro atoms. The van der Waals surface area contributed by atoms with E-state index in [0.29, 0.717) is 24.7 Å². The van der Waals surface area contributed by atoms with Crippen LogP contribution in [-0.4, -0.2) is 75.5 Å². The third kappa shape index (κ3) is 3.91. The van der Waals surface area contributed by atoms with Gasteiger partial charge in [0.2, 0.25) is 10.0 Å². The third-order valence-electron chi connectivity index (χ3n) is 4.14. The van der Waals surface area contributed by atoms with Crippen molar-refractivity contribution in [2.75, 3.05) is 46.0 Å². The number of amides is 1. The van der Waals surface area contributed by atoms with E-state index < -0.39 is 16.0 Å². The lowest BCUT2D eigenvalue weighted by atomic mass is 10.3. The van der Waals surface area contributed by atoms with Crippen molar-refractivity contribution in [3.05, 3.63) is 18.2 Å². The molecule has 0 radical (unpaired) electrons. The number of carbonyl (C=O) groups is 2. The Hall–Kier alpha value is -2.33. The van der Waals surface area contributed by atoms with Crippen LogP contribution in [-0.2, 0) is 24.3 Å². The van der Waals surface area contributed by atoms with E-state index in [-0.39, 0.29) is 43.6 Å². The van der Waals surface area contributed by atoms with Gasteiger partial charge in [0, 0.05) is 39.2 Å². The van der Waals surface area contributed by atoms with Crippen LogP contribution in [0.2, 0.25) is 0 Å². The van der Waals surface area contributed by atoms with E-state index in [2.05, 4.69) is 4.74 Å². The van der Waals surface area contributed by atoms with Crippen LogP contribution >= 0.6 is 0 Å². The molecular formula is C16H20N2O7S. The number of fused-ring (bicyclic) bond motifs is 1. The van der Waals surface area contributed by atoms with Gasteiger partial charge in [-0.3, -0.25) is 9.59 Å². The van der Waals surface area contributed by atoms with Crippen molar-refractivity contribution in [1.82, 2.24) is 9.21 Å². The molecule has 0 bridgehead atoms. The van der Waals surface area contributed by atoms with Gasteiger partial charge >= 0.3 is 5.97 Å². The van der Waals surface area contributed by atoms with Gasteiger partial charge in [-0.25, -0.2) is 8.42 Å². The zero-order valence-corrected chi connectivity index (χ0v) is 15.2. The summed E-state index contributed by atoms with van der Waals surface area (Å²) in [5, 5.41) is 0. The highest BCUT2D eigenvalue weighted by molar-refractivity contribution is 7.89. The summed E-state index contributed by atoms with van der Waals surface area (Å²) in [7, 11) is -3.70. The van der Waals surface area contributed by atoms with Crippen LogP contribution in [0.15, 0.2) is 23.1 Å². The van der Waals surface area contributed by atoms with Crippen LogP contribution in [0.3, 0.4) is 0 Å². The average Bonchev–Trinajstić information content (AvgIpc) is 2.65. The summed E-state index contributed by atoms with van der Waals surface area (Å²) in [6, 6.07) is 4.53. The van der Waals surface area contributed by atoms with E-state index in [4.69, 9.17) is 9.47 Å². The van der Waals surface area contributed by atoms with Gasteiger partial charge in [-0.05, 0) is 12.1 Å². The highest BCUT2D eigenvalue weighted by Gasteiger charge is 2.31. The maximum Gasteiger partial charge on any atom is 0.303 e. The van der Waals surface area contributed by atoms with Crippen molar-refractivity contribution in [1.29, 1.82) is 0 Å². The van der Waals surface area contributed by atoms with Crippen molar-refractivity contribution < 1.29 is 32.2 Å². The lowest BCUT2D eigenvalue weighted by molar-refractivity contribution is -0.150. The first-order chi connectivity index (χ1) is 12.4. The second-order valence-electron chi connectivity index (χ2n) is 5.87. The first-order valence-corrected chi connectivity index (χ1v) is 9.63. The van der Waals surface area contributed by atoms with Crippen LogP contribution in [0, 0.1) is 0 Å². The fraction of sp³-hybridized carbons (Fsp3) is 0.500. The molecule has 2 heterocycles. The Morgan fingerprint density at radius 2 is 1.73 bits per heavy atom. The summed E-state index contributed by atoms with van der Waals surface area (Å²) in [4.78, 5) is 24.3. The maximum absolute atomic E-state index is 12.8. The Labute approximate surface area is 151 Å². The van der Waals surface area contributed by atoms with Crippen LogP contribution < -0.4 is 9.47 Å². The minimum absolute atomic E-state index is 0.126. The van der Waals surface area contributed by atoms with E-state index >= 15 is 0 Å². The molecule has 1 amide bonds. The number of hydrogen-bond acceptors (Lipinski definition) is 7. The van der Waals surface area contributed by atoms with Gasteiger partial charge in [0.1, 0.15) is 13.2 Å². The molecule has 3 rings (SSSR count). The molecule has 0 atom stereocenters. The second kappa shape index (κ2) is 7.50. The Kier molecular flexibility index (Phi) is 5.33. The molecule has 9 nitrogen and oxygen atoms in total. The molecule has 0 N–H and O–H groups in total. The number of carbonyl (C=O) groups excluding carboxylic acids is 2. The van der Waals surface area contributed by atoms with E-state index in [9.17, 15) is 18.0 Å². The molecular weight excluding hydrogens is 364 g/mol. The molecule has 10 heteroatoms. The molecule has 2 aliphatic rings. The molecule has 2 aliphatic heterocycles. The van der Waals surface area contributed by atoms with Crippen molar-refractivity contribution in [3.63, 3.8) is 0 Å². The molecule has 0 aromatic heterocycles. The molecule has 1 aromatic carbocycles. The molecule has 142 valence electrons. The Morgan fingerprint density at radius 3 is 2.38 bits per heavy atom. The number of benzene rings is 1. The monoisotopic (exact) mass is 384 g/mol. The first kappa shape index (κ1) is 18.5. The van der Waals surface area contributed by atoms with Crippen molar-refractivity contribution in [2.45, 2.75) is 11.8 Å². The quantitative estimate of drug-likeness (QED) is 0.666. The zero-order chi connectivity index (χ0) is 18.7. The van der Waals surface area contributed by atoms with E-state index in [1.165, 1.54) is 28.3 Å². The number of nitrogens with zero attached hydrogens (tertiary/aromatic N) is 2. The highest BCUT2D eigenvalue weighted by Crippen LogP contribution is 2.33. The van der Waals surface area contributed by atoms with Crippen LogP contribution in [0.25, 0.3) is 0 Å². The molecule has 26 heavy (non-hydrogen) atoms. The van der Waals surface area contributed by atoms with Gasteiger partial charge in [-0.2, -0.15) is 4.31 Å². The normalized spacial score (nSPS) is 17.7. The molecule has 1 aromatic rings. The van der Waals surface area contributed by atoms with Crippen LogP contribution in [0.4, 0.5) is 0 Å². The van der Waals surface area contributed by atoms with Crippen molar-refractivity contribution in [2.24, 2.45) is 0 Å². The number of piperazine rings is 1. The number of rotatable bonds is 4. The lowest BCUT2D eigenvalue weighted by Crippen LogP contribution is -2.51. The van der Waals surface area contributed by atoms with E-state index in [1.807, 2.05) is 0 Å². The molecule has 0 unspecified atom stereocenters. The van der Waals surface area contributed by atoms with E-state index in [1.54, 1.807) is 6.07 Å². The molecule has 1 saturated heterocycles. The van der Waals surface area contributed by atoms with Crippen LogP contribution in [0.5, 0.6) is 11.5 Å².